The molecule has 1 aliphatic rings. The Morgan fingerprint density at radius 3 is 2.24 bits per heavy atom. The summed E-state index contributed by atoms with van der Waals surface area (Å²) >= 11 is 0. The van der Waals surface area contributed by atoms with Crippen molar-refractivity contribution in [3.05, 3.63) is 83.4 Å². The second kappa shape index (κ2) is 11.8. The van der Waals surface area contributed by atoms with Crippen LogP contribution in [0.15, 0.2) is 66.7 Å². The van der Waals surface area contributed by atoms with Crippen molar-refractivity contribution in [3.63, 3.8) is 0 Å². The van der Waals surface area contributed by atoms with Gasteiger partial charge in [-0.1, -0.05) is 49.2 Å². The highest BCUT2D eigenvalue weighted by molar-refractivity contribution is 6.01. The maximum atomic E-state index is 12.7. The van der Waals surface area contributed by atoms with E-state index in [1.807, 2.05) is 55.5 Å². The third-order valence-electron chi connectivity index (χ3n) is 7.10. The molecule has 1 saturated carbocycles. The molecule has 4 N–H and O–H groups in total. The first-order valence-corrected chi connectivity index (χ1v) is 12.7. The molecular formula is C30H33N3O5. The smallest absolute Gasteiger partial charge is 0.323 e. The summed E-state index contributed by atoms with van der Waals surface area (Å²) in [5.41, 5.74) is 4.22. The molecule has 0 radical (unpaired) electrons. The average Bonchev–Trinajstić information content (AvgIpc) is 3.35. The first-order valence-electron chi connectivity index (χ1n) is 12.7. The third kappa shape index (κ3) is 6.51. The first-order chi connectivity index (χ1) is 18.3. The number of carbonyl (C=O) groups is 3. The molecule has 0 saturated heterocycles. The van der Waals surface area contributed by atoms with E-state index >= 15 is 0 Å². The summed E-state index contributed by atoms with van der Waals surface area (Å²) in [5, 5.41) is 17.9. The molecule has 1 aliphatic carbocycles. The van der Waals surface area contributed by atoms with Crippen LogP contribution in [0.2, 0.25) is 0 Å². The van der Waals surface area contributed by atoms with E-state index in [9.17, 15) is 19.5 Å². The van der Waals surface area contributed by atoms with Gasteiger partial charge < -0.3 is 25.8 Å². The van der Waals surface area contributed by atoms with Gasteiger partial charge in [0.15, 0.2) is 0 Å². The van der Waals surface area contributed by atoms with Gasteiger partial charge in [-0.25, -0.2) is 4.79 Å². The van der Waals surface area contributed by atoms with E-state index in [1.54, 1.807) is 18.2 Å². The number of carboxylic acid groups (broad SMARTS) is 1. The molecule has 3 aromatic carbocycles. The molecule has 0 aliphatic heterocycles. The van der Waals surface area contributed by atoms with Gasteiger partial charge in [0.2, 0.25) is 5.91 Å². The molecule has 0 unspecified atom stereocenters. The monoisotopic (exact) mass is 515 g/mol. The zero-order valence-electron chi connectivity index (χ0n) is 21.7. The number of amides is 3. The Hall–Kier alpha value is -4.33. The lowest BCUT2D eigenvalue weighted by molar-refractivity contribution is -0.138. The molecule has 8 nitrogen and oxygen atoms in total. The lowest BCUT2D eigenvalue weighted by Gasteiger charge is -2.28. The van der Waals surface area contributed by atoms with E-state index in [1.165, 1.54) is 7.11 Å². The van der Waals surface area contributed by atoms with Crippen molar-refractivity contribution in [1.82, 2.24) is 0 Å². The number of carboxylic acids is 1. The largest absolute Gasteiger partial charge is 0.495 e. The topological polar surface area (TPSA) is 117 Å². The molecule has 3 amide bonds. The predicted octanol–water partition coefficient (Wildman–Crippen LogP) is 6.12. The van der Waals surface area contributed by atoms with Crippen LogP contribution < -0.4 is 20.7 Å². The number of carbonyl (C=O) groups excluding carboxylic acids is 2. The van der Waals surface area contributed by atoms with Crippen LogP contribution in [0.4, 0.5) is 21.9 Å². The second-order valence-electron chi connectivity index (χ2n) is 9.79. The lowest BCUT2D eigenvalue weighted by Crippen LogP contribution is -2.26. The summed E-state index contributed by atoms with van der Waals surface area (Å²) in [6.07, 6.45) is 4.04. The fraction of sp³-hybridized carbons (Fsp3) is 0.300. The Morgan fingerprint density at radius 1 is 0.895 bits per heavy atom. The van der Waals surface area contributed by atoms with Crippen LogP contribution in [0.3, 0.4) is 0 Å². The highest BCUT2D eigenvalue weighted by atomic mass is 16.5. The Morgan fingerprint density at radius 2 is 1.58 bits per heavy atom. The highest BCUT2D eigenvalue weighted by Crippen LogP contribution is 2.44. The van der Waals surface area contributed by atoms with Gasteiger partial charge in [-0.05, 0) is 66.8 Å². The number of aliphatic carboxylic acids is 1. The number of ether oxygens (including phenoxy) is 1. The van der Waals surface area contributed by atoms with Crippen LogP contribution in [0.5, 0.6) is 5.75 Å². The summed E-state index contributed by atoms with van der Waals surface area (Å²) in [6, 6.07) is 19.8. The number of nitrogens with one attached hydrogen (secondary N) is 3. The third-order valence-corrected chi connectivity index (χ3v) is 7.10. The zero-order chi connectivity index (χ0) is 27.1. The fourth-order valence-electron chi connectivity index (χ4n) is 5.14. The minimum atomic E-state index is -0.784. The van der Waals surface area contributed by atoms with Crippen LogP contribution >= 0.6 is 0 Å². The quantitative estimate of drug-likeness (QED) is 0.274. The minimum absolute atomic E-state index is 0.122. The van der Waals surface area contributed by atoms with Crippen molar-refractivity contribution >= 4 is 35.0 Å². The molecule has 3 aromatic rings. The molecular weight excluding hydrogens is 482 g/mol. The highest BCUT2D eigenvalue weighted by Gasteiger charge is 2.37. The van der Waals surface area contributed by atoms with E-state index in [0.29, 0.717) is 22.8 Å². The number of benzene rings is 3. The standard InChI is InChI=1S/C30H33N3O5/c1-20-7-3-4-8-24(20)32-29(37)33-25-14-9-21(17-26(25)38-2)18-27(34)31-23-12-10-22(11-13-23)30(19-28(35)36)15-5-6-16-30/h3-4,7-14,17H,5-6,15-16,18-19H2,1-2H3,(H,31,34)(H,35,36)(H2,32,33,37). The number of aryl methyl sites for hydroxylation is 1. The number of anilines is 3. The molecule has 0 aromatic heterocycles. The van der Waals surface area contributed by atoms with Crippen molar-refractivity contribution in [2.75, 3.05) is 23.1 Å². The van der Waals surface area contributed by atoms with Crippen LogP contribution in [0.1, 0.15) is 48.8 Å². The predicted molar refractivity (Wildman–Crippen MR) is 148 cm³/mol. The van der Waals surface area contributed by atoms with E-state index in [0.717, 1.165) is 42.4 Å². The summed E-state index contributed by atoms with van der Waals surface area (Å²) in [6.45, 7) is 1.91. The van der Waals surface area contributed by atoms with E-state index in [-0.39, 0.29) is 24.2 Å². The molecule has 8 heteroatoms. The van der Waals surface area contributed by atoms with Gasteiger partial charge in [0, 0.05) is 16.8 Å². The van der Waals surface area contributed by atoms with E-state index < -0.39 is 12.0 Å². The Bertz CT molecular complexity index is 1310. The van der Waals surface area contributed by atoms with Gasteiger partial charge in [0.1, 0.15) is 5.75 Å². The molecule has 198 valence electrons. The molecule has 38 heavy (non-hydrogen) atoms. The van der Waals surface area contributed by atoms with Gasteiger partial charge >= 0.3 is 12.0 Å². The number of hydrogen-bond acceptors (Lipinski definition) is 4. The van der Waals surface area contributed by atoms with Gasteiger partial charge in [-0.2, -0.15) is 0 Å². The van der Waals surface area contributed by atoms with Gasteiger partial charge in [-0.3, -0.25) is 9.59 Å². The SMILES string of the molecule is COc1cc(CC(=O)Nc2ccc(C3(CC(=O)O)CCCC3)cc2)ccc1NC(=O)Nc1ccccc1C. The van der Waals surface area contributed by atoms with Crippen LogP contribution in [0.25, 0.3) is 0 Å². The summed E-state index contributed by atoms with van der Waals surface area (Å²) < 4.78 is 5.44. The number of para-hydroxylation sites is 1. The van der Waals surface area contributed by atoms with Crippen molar-refractivity contribution in [3.8, 4) is 5.75 Å². The molecule has 0 bridgehead atoms. The van der Waals surface area contributed by atoms with Crippen molar-refractivity contribution in [2.45, 2.75) is 50.9 Å². The van der Waals surface area contributed by atoms with Crippen molar-refractivity contribution in [1.29, 1.82) is 0 Å². The maximum Gasteiger partial charge on any atom is 0.323 e. The number of urea groups is 1. The Kier molecular flexibility index (Phi) is 8.31. The number of rotatable bonds is 9. The number of hydrogen-bond donors (Lipinski definition) is 4. The van der Waals surface area contributed by atoms with Crippen molar-refractivity contribution < 1.29 is 24.2 Å². The van der Waals surface area contributed by atoms with E-state index in [2.05, 4.69) is 16.0 Å². The normalized spacial score (nSPS) is 13.9. The zero-order valence-corrected chi connectivity index (χ0v) is 21.7. The fourth-order valence-corrected chi connectivity index (χ4v) is 5.14. The summed E-state index contributed by atoms with van der Waals surface area (Å²) in [7, 11) is 1.51. The Balaban J connectivity index is 1.37. The second-order valence-corrected chi connectivity index (χ2v) is 9.79. The van der Waals surface area contributed by atoms with E-state index in [4.69, 9.17) is 4.74 Å². The summed E-state index contributed by atoms with van der Waals surface area (Å²) in [4.78, 5) is 36.6. The van der Waals surface area contributed by atoms with Gasteiger partial charge in [0.05, 0.1) is 25.6 Å². The average molecular weight is 516 g/mol. The van der Waals surface area contributed by atoms with Crippen LogP contribution in [-0.4, -0.2) is 30.1 Å². The molecule has 1 fully saturated rings. The van der Waals surface area contributed by atoms with Gasteiger partial charge in [-0.15, -0.1) is 0 Å². The lowest BCUT2D eigenvalue weighted by atomic mass is 9.76. The Labute approximate surface area is 222 Å². The molecule has 4 rings (SSSR count). The van der Waals surface area contributed by atoms with Crippen molar-refractivity contribution in [2.24, 2.45) is 0 Å². The number of methoxy groups -OCH3 is 1. The summed E-state index contributed by atoms with van der Waals surface area (Å²) in [5.74, 6) is -0.536. The molecule has 0 heterocycles. The molecule has 0 atom stereocenters. The van der Waals surface area contributed by atoms with Gasteiger partial charge in [0.25, 0.3) is 0 Å². The van der Waals surface area contributed by atoms with Crippen LogP contribution in [-0.2, 0) is 21.4 Å². The maximum absolute atomic E-state index is 12.7. The first kappa shape index (κ1) is 26.7. The van der Waals surface area contributed by atoms with Crippen LogP contribution in [0, 0.1) is 6.92 Å². The minimum Gasteiger partial charge on any atom is -0.495 e. The molecule has 0 spiro atoms.